The summed E-state index contributed by atoms with van der Waals surface area (Å²) in [7, 11) is -3.72. The molecule has 0 amide bonds. The highest BCUT2D eigenvalue weighted by atomic mass is 32.2. The summed E-state index contributed by atoms with van der Waals surface area (Å²) in [4.78, 5) is 0. The average Bonchev–Trinajstić information content (AvgIpc) is 2.84. The zero-order chi connectivity index (χ0) is 17.9. The number of likely N-dealkylation sites (N-methyl/N-ethyl adjacent to an activating group) is 1. The lowest BCUT2D eigenvalue weighted by Crippen LogP contribution is -2.38. The van der Waals surface area contributed by atoms with Crippen molar-refractivity contribution in [2.45, 2.75) is 19.4 Å². The highest BCUT2D eigenvalue weighted by Gasteiger charge is 2.40. The molecule has 0 radical (unpaired) electrons. The smallest absolute Gasteiger partial charge is 0.330 e. The molecule has 25 heavy (non-hydrogen) atoms. The number of para-hydroxylation sites is 3. The first-order chi connectivity index (χ1) is 12.1. The van der Waals surface area contributed by atoms with Gasteiger partial charge in [0.1, 0.15) is 0 Å². The van der Waals surface area contributed by atoms with Crippen LogP contribution in [0.2, 0.25) is 0 Å². The van der Waals surface area contributed by atoms with Crippen molar-refractivity contribution in [2.24, 2.45) is 0 Å². The zero-order valence-electron chi connectivity index (χ0n) is 14.2. The van der Waals surface area contributed by atoms with Crippen LogP contribution in [0.25, 0.3) is 0 Å². The molecule has 0 spiro atoms. The lowest BCUT2D eigenvalue weighted by molar-refractivity contribution is 0.165. The first-order valence-electron chi connectivity index (χ1n) is 8.41. The molecule has 6 nitrogen and oxygen atoms in total. The minimum atomic E-state index is -3.72. The number of aliphatic hydroxyl groups is 1. The number of fused-ring (bicyclic) bond motifs is 1. The van der Waals surface area contributed by atoms with Gasteiger partial charge in [-0.15, -0.1) is 0 Å². The Morgan fingerprint density at radius 3 is 2.36 bits per heavy atom. The topological polar surface area (TPSA) is 72.9 Å². The van der Waals surface area contributed by atoms with E-state index in [4.69, 9.17) is 0 Å². The van der Waals surface area contributed by atoms with Crippen LogP contribution in [0.15, 0.2) is 54.6 Å². The van der Waals surface area contributed by atoms with Gasteiger partial charge in [0.25, 0.3) is 0 Å². The number of benzene rings is 2. The second-order valence-corrected chi connectivity index (χ2v) is 7.62. The second kappa shape index (κ2) is 7.43. The van der Waals surface area contributed by atoms with Crippen LogP contribution in [0, 0.1) is 0 Å². The van der Waals surface area contributed by atoms with Crippen molar-refractivity contribution in [1.82, 2.24) is 5.32 Å². The normalized spacial score (nSPS) is 16.7. The highest BCUT2D eigenvalue weighted by Crippen LogP contribution is 2.44. The van der Waals surface area contributed by atoms with E-state index in [1.807, 2.05) is 37.3 Å². The van der Waals surface area contributed by atoms with Gasteiger partial charge in [-0.05, 0) is 37.2 Å². The molecular formula is C18H23N3O3S. The number of hydrogen-bond acceptors (Lipinski definition) is 4. The molecular weight excluding hydrogens is 338 g/mol. The summed E-state index contributed by atoms with van der Waals surface area (Å²) in [5.74, 6) is 0. The molecule has 0 bridgehead atoms. The Bertz CT molecular complexity index is 811. The predicted molar refractivity (Wildman–Crippen MR) is 100 cm³/mol. The van der Waals surface area contributed by atoms with Crippen molar-refractivity contribution in [1.29, 1.82) is 0 Å². The van der Waals surface area contributed by atoms with E-state index in [1.54, 1.807) is 24.3 Å². The molecule has 1 heterocycles. The Morgan fingerprint density at radius 2 is 1.68 bits per heavy atom. The first kappa shape index (κ1) is 17.7. The van der Waals surface area contributed by atoms with Gasteiger partial charge in [-0.1, -0.05) is 37.3 Å². The van der Waals surface area contributed by atoms with Crippen LogP contribution in [0.1, 0.15) is 13.3 Å². The van der Waals surface area contributed by atoms with Gasteiger partial charge in [-0.2, -0.15) is 8.42 Å². The quantitative estimate of drug-likeness (QED) is 0.793. The number of aliphatic hydroxyl groups excluding tert-OH is 1. The average molecular weight is 361 g/mol. The predicted octanol–water partition coefficient (Wildman–Crippen LogP) is 2.25. The van der Waals surface area contributed by atoms with Crippen molar-refractivity contribution in [3.8, 4) is 0 Å². The molecule has 2 N–H and O–H groups in total. The standard InChI is InChI=1S/C18H23N3O3S/c1-2-19-14-16(22)12-13-20-17-10-6-7-11-18(17)21(25(20,23)24)15-8-4-3-5-9-15/h3-11,16,19,22H,2,12-14H2,1H3/t16-/m0/s1. The van der Waals surface area contributed by atoms with Crippen molar-refractivity contribution in [3.05, 3.63) is 54.6 Å². The fraction of sp³-hybridized carbons (Fsp3) is 0.333. The van der Waals surface area contributed by atoms with E-state index in [-0.39, 0.29) is 6.54 Å². The maximum absolute atomic E-state index is 13.1. The number of anilines is 3. The molecule has 0 aliphatic carbocycles. The number of nitrogens with one attached hydrogen (secondary N) is 1. The summed E-state index contributed by atoms with van der Waals surface area (Å²) in [5, 5.41) is 13.1. The van der Waals surface area contributed by atoms with Crippen LogP contribution in [0.5, 0.6) is 0 Å². The lowest BCUT2D eigenvalue weighted by atomic mass is 10.2. The van der Waals surface area contributed by atoms with Gasteiger partial charge in [0.2, 0.25) is 0 Å². The summed E-state index contributed by atoms with van der Waals surface area (Å²) < 4.78 is 29.0. The Morgan fingerprint density at radius 1 is 1.04 bits per heavy atom. The number of nitrogens with zero attached hydrogens (tertiary/aromatic N) is 2. The van der Waals surface area contributed by atoms with Crippen molar-refractivity contribution >= 4 is 27.3 Å². The monoisotopic (exact) mass is 361 g/mol. The number of rotatable bonds is 7. The van der Waals surface area contributed by atoms with E-state index in [2.05, 4.69) is 5.32 Å². The molecule has 0 saturated carbocycles. The van der Waals surface area contributed by atoms with Crippen LogP contribution < -0.4 is 13.9 Å². The molecule has 134 valence electrons. The van der Waals surface area contributed by atoms with Crippen molar-refractivity contribution in [2.75, 3.05) is 28.2 Å². The molecule has 1 aliphatic rings. The van der Waals surface area contributed by atoms with E-state index in [0.717, 1.165) is 6.54 Å². The van der Waals surface area contributed by atoms with E-state index < -0.39 is 16.3 Å². The van der Waals surface area contributed by atoms with Gasteiger partial charge in [0, 0.05) is 13.1 Å². The molecule has 7 heteroatoms. The SMILES string of the molecule is CCNC[C@@H](O)CCN1c2ccccc2N(c2ccccc2)S1(=O)=O. The maximum atomic E-state index is 13.1. The van der Waals surface area contributed by atoms with E-state index in [1.165, 1.54) is 8.61 Å². The van der Waals surface area contributed by atoms with Crippen LogP contribution >= 0.6 is 0 Å². The van der Waals surface area contributed by atoms with Crippen LogP contribution in [-0.4, -0.2) is 39.3 Å². The number of hydrogen-bond donors (Lipinski definition) is 2. The molecule has 2 aromatic rings. The molecule has 3 rings (SSSR count). The highest BCUT2D eigenvalue weighted by molar-refractivity contribution is 7.95. The van der Waals surface area contributed by atoms with Crippen molar-refractivity contribution < 1.29 is 13.5 Å². The van der Waals surface area contributed by atoms with E-state index >= 15 is 0 Å². The first-order valence-corrected chi connectivity index (χ1v) is 9.81. The summed E-state index contributed by atoms with van der Waals surface area (Å²) in [6.07, 6.45) is -0.225. The largest absolute Gasteiger partial charge is 0.392 e. The fourth-order valence-corrected chi connectivity index (χ4v) is 4.67. The second-order valence-electron chi connectivity index (χ2n) is 5.92. The fourth-order valence-electron chi connectivity index (χ4n) is 2.94. The molecule has 0 aromatic heterocycles. The summed E-state index contributed by atoms with van der Waals surface area (Å²) in [5.41, 5.74) is 1.88. The van der Waals surface area contributed by atoms with Gasteiger partial charge in [-0.3, -0.25) is 4.31 Å². The molecule has 2 aromatic carbocycles. The van der Waals surface area contributed by atoms with Gasteiger partial charge in [-0.25, -0.2) is 4.31 Å². The molecule has 0 saturated heterocycles. The van der Waals surface area contributed by atoms with Gasteiger partial charge >= 0.3 is 10.2 Å². The van der Waals surface area contributed by atoms with Crippen LogP contribution in [0.4, 0.5) is 17.1 Å². The van der Waals surface area contributed by atoms with Crippen LogP contribution in [-0.2, 0) is 10.2 Å². The maximum Gasteiger partial charge on any atom is 0.330 e. The Kier molecular flexibility index (Phi) is 5.27. The summed E-state index contributed by atoms with van der Waals surface area (Å²) in [6.45, 7) is 3.42. The van der Waals surface area contributed by atoms with Crippen LogP contribution in [0.3, 0.4) is 0 Å². The minimum absolute atomic E-state index is 0.231. The van der Waals surface area contributed by atoms with Crippen molar-refractivity contribution in [3.63, 3.8) is 0 Å². The van der Waals surface area contributed by atoms with Gasteiger partial charge in [0.15, 0.2) is 0 Å². The minimum Gasteiger partial charge on any atom is -0.392 e. The molecule has 0 unspecified atom stereocenters. The zero-order valence-corrected chi connectivity index (χ0v) is 15.0. The molecule has 1 atom stereocenters. The van der Waals surface area contributed by atoms with Gasteiger partial charge < -0.3 is 10.4 Å². The van der Waals surface area contributed by atoms with E-state index in [9.17, 15) is 13.5 Å². The third-order valence-electron chi connectivity index (χ3n) is 4.16. The third-order valence-corrected chi connectivity index (χ3v) is 5.97. The van der Waals surface area contributed by atoms with Gasteiger partial charge in [0.05, 0.1) is 23.2 Å². The molecule has 0 fully saturated rings. The Labute approximate surface area is 148 Å². The molecule has 1 aliphatic heterocycles. The van der Waals surface area contributed by atoms with E-state index in [0.29, 0.717) is 30.0 Å². The Hall–Kier alpha value is -2.09. The Balaban J connectivity index is 1.90. The summed E-state index contributed by atoms with van der Waals surface area (Å²) in [6, 6.07) is 16.3. The third kappa shape index (κ3) is 3.49. The lowest BCUT2D eigenvalue weighted by Gasteiger charge is -2.22. The summed E-state index contributed by atoms with van der Waals surface area (Å²) >= 11 is 0.